The number of carbonyl (C=O) groups excluding carboxylic acids is 1. The second kappa shape index (κ2) is 19.4. The zero-order chi connectivity index (χ0) is 47.0. The normalized spacial score (nSPS) is 32.9. The van der Waals surface area contributed by atoms with E-state index < -0.39 is 156 Å². The molecule has 3 fully saturated rings. The fraction of sp³-hybridized carbons (Fsp3) is 0.429. The van der Waals surface area contributed by atoms with Gasteiger partial charge >= 0.3 is 5.97 Å². The Hall–Kier alpha value is -5.64. The lowest BCUT2D eigenvalue weighted by atomic mass is 9.97. The van der Waals surface area contributed by atoms with Crippen LogP contribution in [-0.2, 0) is 28.5 Å². The largest absolute Gasteiger partial charge is 0.508 e. The number of aliphatic hydroxyl groups excluding tert-OH is 9. The summed E-state index contributed by atoms with van der Waals surface area (Å²) in [6, 6.07) is 10.9. The molecule has 352 valence electrons. The average Bonchev–Trinajstić information content (AvgIpc) is 3.28. The van der Waals surface area contributed by atoms with Gasteiger partial charge in [0.15, 0.2) is 29.7 Å². The van der Waals surface area contributed by atoms with Crippen molar-refractivity contribution in [3.8, 4) is 45.8 Å². The molecule has 3 aromatic carbocycles. The topological polar surface area (TPSA) is 375 Å². The summed E-state index contributed by atoms with van der Waals surface area (Å²) in [7, 11) is 0. The molecule has 13 N–H and O–H groups in total. The number of esters is 1. The number of benzene rings is 3. The van der Waals surface area contributed by atoms with Crippen LogP contribution >= 0.6 is 0 Å². The van der Waals surface area contributed by atoms with Crippen LogP contribution in [0.1, 0.15) is 12.5 Å². The molecule has 3 aliphatic heterocycles. The summed E-state index contributed by atoms with van der Waals surface area (Å²) in [4.78, 5) is 26.9. The predicted molar refractivity (Wildman–Crippen MR) is 214 cm³/mol. The highest BCUT2D eigenvalue weighted by Gasteiger charge is 2.52. The third-order valence-corrected chi connectivity index (χ3v) is 10.9. The van der Waals surface area contributed by atoms with Crippen LogP contribution in [0.4, 0.5) is 0 Å². The second-order valence-corrected chi connectivity index (χ2v) is 15.4. The summed E-state index contributed by atoms with van der Waals surface area (Å²) in [6.45, 7) is -0.272. The van der Waals surface area contributed by atoms with Crippen LogP contribution in [0.2, 0.25) is 0 Å². The van der Waals surface area contributed by atoms with Gasteiger partial charge in [-0.15, -0.1) is 0 Å². The summed E-state index contributed by atoms with van der Waals surface area (Å²) in [6.07, 6.45) is -24.6. The van der Waals surface area contributed by atoms with Gasteiger partial charge in [-0.3, -0.25) is 4.79 Å². The summed E-state index contributed by atoms with van der Waals surface area (Å²) >= 11 is 0. The standard InChI is InChI=1S/C42H46O23/c1-15-28(49)32(53)35(56)40(59-15)60-19-11-22(47)27-23(12-19)61-37(17-5-8-20(45)21(46)10-17)38(31(27)52)64-42-39(34(55)29(50)24(13-43)62-42)65-41-36(57)33(54)30(51)25(63-41)14-58-26(48)9-4-16-2-6-18(44)7-3-16/h2-12,15,24-25,28-30,32-36,39-47,49-51,53-57H,13-14H2,1H3/b9-4+/t15-,24+,25-,28-,29+,30+,32+,33-,34-,35-,36+,39+,40+,41+,42-/m0/s1. The van der Waals surface area contributed by atoms with Gasteiger partial charge in [-0.2, -0.15) is 0 Å². The van der Waals surface area contributed by atoms with Gasteiger partial charge < -0.3 is 104 Å². The molecule has 4 heterocycles. The van der Waals surface area contributed by atoms with Gasteiger partial charge in [0.05, 0.1) is 12.7 Å². The van der Waals surface area contributed by atoms with Crippen molar-refractivity contribution in [3.63, 3.8) is 0 Å². The molecular weight excluding hydrogens is 872 g/mol. The molecule has 3 saturated heterocycles. The summed E-state index contributed by atoms with van der Waals surface area (Å²) < 4.78 is 45.5. The monoisotopic (exact) mass is 918 g/mol. The Bertz CT molecular complexity index is 2400. The Morgan fingerprint density at radius 3 is 2.03 bits per heavy atom. The number of fused-ring (bicyclic) bond motifs is 1. The molecule has 65 heavy (non-hydrogen) atoms. The van der Waals surface area contributed by atoms with Gasteiger partial charge in [0.2, 0.25) is 23.8 Å². The zero-order valence-corrected chi connectivity index (χ0v) is 33.8. The highest BCUT2D eigenvalue weighted by atomic mass is 16.8. The lowest BCUT2D eigenvalue weighted by Gasteiger charge is -2.45. The third-order valence-electron chi connectivity index (χ3n) is 10.9. The van der Waals surface area contributed by atoms with E-state index in [1.165, 1.54) is 43.3 Å². The molecule has 0 saturated carbocycles. The molecule has 3 aliphatic rings. The zero-order valence-electron chi connectivity index (χ0n) is 33.8. The Balaban J connectivity index is 1.20. The average molecular weight is 919 g/mol. The van der Waals surface area contributed by atoms with Crippen LogP contribution in [0.5, 0.6) is 34.5 Å². The molecule has 23 heteroatoms. The van der Waals surface area contributed by atoms with Gasteiger partial charge in [0.1, 0.15) is 95.9 Å². The molecule has 0 aliphatic carbocycles. The number of carbonyl (C=O) groups is 1. The van der Waals surface area contributed by atoms with Crippen LogP contribution in [0.25, 0.3) is 28.4 Å². The van der Waals surface area contributed by atoms with E-state index in [1.807, 2.05) is 0 Å². The molecule has 7 rings (SSSR count). The Morgan fingerprint density at radius 2 is 1.34 bits per heavy atom. The van der Waals surface area contributed by atoms with E-state index in [9.17, 15) is 76.0 Å². The molecule has 0 spiro atoms. The van der Waals surface area contributed by atoms with Gasteiger partial charge in [0, 0.05) is 23.8 Å². The molecule has 4 aromatic rings. The van der Waals surface area contributed by atoms with Crippen molar-refractivity contribution in [2.45, 2.75) is 99.0 Å². The lowest BCUT2D eigenvalue weighted by Crippen LogP contribution is -2.65. The van der Waals surface area contributed by atoms with Crippen LogP contribution in [-0.4, -0.2) is 178 Å². The van der Waals surface area contributed by atoms with E-state index >= 15 is 0 Å². The van der Waals surface area contributed by atoms with Crippen molar-refractivity contribution in [2.75, 3.05) is 13.2 Å². The quantitative estimate of drug-likeness (QED) is 0.0406. The molecule has 1 aromatic heterocycles. The van der Waals surface area contributed by atoms with Crippen molar-refractivity contribution in [1.29, 1.82) is 0 Å². The molecule has 0 unspecified atom stereocenters. The first-order chi connectivity index (χ1) is 30.9. The smallest absolute Gasteiger partial charge is 0.330 e. The Morgan fingerprint density at radius 1 is 0.677 bits per heavy atom. The molecule has 15 atom stereocenters. The SMILES string of the molecule is C[C@@H]1O[C@H](Oc2cc(O)c3c(=O)c(O[C@@H]4O[C@H](CO)[C@@H](O)[C@H](O)[C@H]4O[C@H]4O[C@@H](COC(=O)/C=C/c5ccc(O)cc5)[C@@H](O)[C@H](O)[C@H]4O)c(-c4ccc(O)c(O)c4)oc3c2)[C@@H](O)[C@H](O)[C@H]1O. The number of phenolic OH excluding ortho intramolecular Hbond substituents is 4. The number of hydrogen-bond donors (Lipinski definition) is 13. The van der Waals surface area contributed by atoms with E-state index in [0.29, 0.717) is 5.56 Å². The number of phenols is 4. The number of ether oxygens (including phenoxy) is 7. The van der Waals surface area contributed by atoms with Crippen LogP contribution < -0.4 is 14.9 Å². The van der Waals surface area contributed by atoms with Gasteiger partial charge in [-0.25, -0.2) is 4.79 Å². The summed E-state index contributed by atoms with van der Waals surface area (Å²) in [5.41, 5.74) is -1.23. The maximum atomic E-state index is 14.4. The second-order valence-electron chi connectivity index (χ2n) is 15.4. The van der Waals surface area contributed by atoms with Crippen molar-refractivity contribution in [2.24, 2.45) is 0 Å². The fourth-order valence-electron chi connectivity index (χ4n) is 7.23. The van der Waals surface area contributed by atoms with E-state index in [1.54, 1.807) is 0 Å². The molecular formula is C42H46O23. The maximum absolute atomic E-state index is 14.4. The van der Waals surface area contributed by atoms with E-state index in [-0.39, 0.29) is 17.1 Å². The highest BCUT2D eigenvalue weighted by Crippen LogP contribution is 2.41. The first kappa shape index (κ1) is 47.3. The van der Waals surface area contributed by atoms with Crippen LogP contribution in [0.3, 0.4) is 0 Å². The Labute approximate surface area is 365 Å². The van der Waals surface area contributed by atoms with Crippen molar-refractivity contribution in [3.05, 3.63) is 76.5 Å². The Kier molecular flexibility index (Phi) is 14.2. The number of hydrogen-bond acceptors (Lipinski definition) is 23. The van der Waals surface area contributed by atoms with Crippen LogP contribution in [0, 0.1) is 0 Å². The molecule has 0 bridgehead atoms. The maximum Gasteiger partial charge on any atom is 0.330 e. The van der Waals surface area contributed by atoms with Crippen molar-refractivity contribution in [1.82, 2.24) is 0 Å². The van der Waals surface area contributed by atoms with Gasteiger partial charge in [0.25, 0.3) is 0 Å². The molecule has 0 radical (unpaired) electrons. The number of aromatic hydroxyl groups is 4. The summed E-state index contributed by atoms with van der Waals surface area (Å²) in [5, 5.41) is 136. The van der Waals surface area contributed by atoms with E-state index in [2.05, 4.69) is 0 Å². The van der Waals surface area contributed by atoms with Crippen molar-refractivity contribution < 1.29 is 109 Å². The van der Waals surface area contributed by atoms with E-state index in [4.69, 9.17) is 37.6 Å². The molecule has 0 amide bonds. The van der Waals surface area contributed by atoms with Gasteiger partial charge in [-0.1, -0.05) is 12.1 Å². The number of rotatable bonds is 12. The minimum atomic E-state index is -2.10. The molecule has 23 nitrogen and oxygen atoms in total. The van der Waals surface area contributed by atoms with Gasteiger partial charge in [-0.05, 0) is 48.9 Å². The lowest BCUT2D eigenvalue weighted by molar-refractivity contribution is -0.358. The first-order valence-electron chi connectivity index (χ1n) is 19.9. The summed E-state index contributed by atoms with van der Waals surface area (Å²) in [5.74, 6) is -4.72. The van der Waals surface area contributed by atoms with Crippen molar-refractivity contribution >= 4 is 23.0 Å². The highest BCUT2D eigenvalue weighted by molar-refractivity contribution is 5.89. The van der Waals surface area contributed by atoms with Crippen LogP contribution in [0.15, 0.2) is 69.9 Å². The first-order valence-corrected chi connectivity index (χ1v) is 19.9. The minimum Gasteiger partial charge on any atom is -0.508 e. The number of aliphatic hydroxyl groups is 9. The minimum absolute atomic E-state index is 0.00463. The van der Waals surface area contributed by atoms with E-state index in [0.717, 1.165) is 30.3 Å². The fourth-order valence-corrected chi connectivity index (χ4v) is 7.23. The third kappa shape index (κ3) is 9.83. The predicted octanol–water partition coefficient (Wildman–Crippen LogP) is -2.24.